The Morgan fingerprint density at radius 3 is 2.25 bits per heavy atom. The minimum Gasteiger partial charge on any atom is -0.480 e. The fourth-order valence-electron chi connectivity index (χ4n) is 2.18. The van der Waals surface area contributed by atoms with Gasteiger partial charge in [-0.15, -0.1) is 0 Å². The van der Waals surface area contributed by atoms with Gasteiger partial charge in [0.1, 0.15) is 11.6 Å². The van der Waals surface area contributed by atoms with Crippen molar-refractivity contribution in [3.05, 3.63) is 35.4 Å². The molecule has 0 saturated carbocycles. The van der Waals surface area contributed by atoms with Crippen LogP contribution in [0.3, 0.4) is 0 Å². The van der Waals surface area contributed by atoms with Crippen LogP contribution in [0.25, 0.3) is 0 Å². The number of alkyl halides is 3. The highest BCUT2D eigenvalue weighted by molar-refractivity contribution is 5.84. The second-order valence-electron chi connectivity index (χ2n) is 7.15. The summed E-state index contributed by atoms with van der Waals surface area (Å²) in [5.41, 5.74) is -1.78. The van der Waals surface area contributed by atoms with Crippen molar-refractivity contribution in [3.63, 3.8) is 0 Å². The van der Waals surface area contributed by atoms with Crippen LogP contribution in [0.2, 0.25) is 0 Å². The highest BCUT2D eigenvalue weighted by atomic mass is 19.4. The molecule has 1 rings (SSSR count). The summed E-state index contributed by atoms with van der Waals surface area (Å²) in [5, 5.41) is 13.4. The molecule has 0 radical (unpaired) electrons. The maximum Gasteiger partial charge on any atom is 0.416 e. The van der Waals surface area contributed by atoms with Crippen LogP contribution in [0.15, 0.2) is 24.3 Å². The third-order valence-corrected chi connectivity index (χ3v) is 3.44. The van der Waals surface area contributed by atoms with Gasteiger partial charge in [-0.2, -0.15) is 13.2 Å². The number of carbonyl (C=O) groups excluding carboxylic acids is 2. The van der Waals surface area contributed by atoms with Crippen molar-refractivity contribution in [2.24, 2.45) is 0 Å². The van der Waals surface area contributed by atoms with Gasteiger partial charge in [-0.3, -0.25) is 9.59 Å². The van der Waals surface area contributed by atoms with E-state index in [1.807, 2.05) is 0 Å². The fraction of sp³-hybridized carbons (Fsp3) is 0.500. The first-order valence-electron chi connectivity index (χ1n) is 8.38. The van der Waals surface area contributed by atoms with Gasteiger partial charge in [-0.25, -0.2) is 4.79 Å². The van der Waals surface area contributed by atoms with Crippen LogP contribution < -0.4 is 10.6 Å². The summed E-state index contributed by atoms with van der Waals surface area (Å²) in [6.45, 7) is 6.05. The summed E-state index contributed by atoms with van der Waals surface area (Å²) < 4.78 is 44.0. The summed E-state index contributed by atoms with van der Waals surface area (Å²) in [6, 6.07) is 1.80. The zero-order chi connectivity index (χ0) is 21.7. The van der Waals surface area contributed by atoms with E-state index < -0.39 is 53.8 Å². The number of carboxylic acids is 1. The molecule has 0 fully saturated rings. The van der Waals surface area contributed by atoms with E-state index in [0.29, 0.717) is 0 Å². The van der Waals surface area contributed by atoms with Crippen molar-refractivity contribution in [2.45, 2.75) is 58.0 Å². The number of hydrogen-bond donors (Lipinski definition) is 3. The first-order chi connectivity index (χ1) is 12.7. The average Bonchev–Trinajstić information content (AvgIpc) is 2.51. The number of benzene rings is 1. The van der Waals surface area contributed by atoms with E-state index >= 15 is 0 Å². The molecule has 0 aromatic heterocycles. The Morgan fingerprint density at radius 2 is 1.75 bits per heavy atom. The molecule has 1 aromatic rings. The van der Waals surface area contributed by atoms with Crippen LogP contribution in [0.4, 0.5) is 18.0 Å². The van der Waals surface area contributed by atoms with Gasteiger partial charge in [0.2, 0.25) is 5.91 Å². The Morgan fingerprint density at radius 1 is 1.14 bits per heavy atom. The molecule has 0 aliphatic rings. The number of rotatable bonds is 6. The van der Waals surface area contributed by atoms with Crippen LogP contribution in [-0.2, 0) is 20.5 Å². The maximum absolute atomic E-state index is 13.0. The van der Waals surface area contributed by atoms with Gasteiger partial charge in [0.15, 0.2) is 0 Å². The zero-order valence-electron chi connectivity index (χ0n) is 15.9. The van der Waals surface area contributed by atoms with Crippen molar-refractivity contribution in [3.8, 4) is 0 Å². The lowest BCUT2D eigenvalue weighted by atomic mass is 10.0. The molecule has 28 heavy (non-hydrogen) atoms. The Hall–Kier alpha value is -2.78. The average molecular weight is 404 g/mol. The number of ether oxygens (including phenoxy) is 1. The van der Waals surface area contributed by atoms with E-state index in [0.717, 1.165) is 18.2 Å². The standard InChI is InChI=1S/C18H23F3N2O5/c1-10(15(25)26)22-14(24)9-13(23-16(27)28-17(2,3)4)11-6-5-7-12(8-11)18(19,20)21/h5-8,10,13H,9H2,1-4H3,(H,22,24)(H,23,27)(H,25,26)/t10-,13?/m0/s1. The normalized spacial score (nSPS) is 14.0. The lowest BCUT2D eigenvalue weighted by Crippen LogP contribution is -2.41. The first kappa shape index (κ1) is 23.3. The van der Waals surface area contributed by atoms with Crippen molar-refractivity contribution in [2.75, 3.05) is 0 Å². The summed E-state index contributed by atoms with van der Waals surface area (Å²) in [7, 11) is 0. The SMILES string of the molecule is C[C@H](NC(=O)CC(NC(=O)OC(C)(C)C)c1cccc(C(F)(F)F)c1)C(=O)O. The van der Waals surface area contributed by atoms with Crippen LogP contribution in [0.5, 0.6) is 0 Å². The molecule has 1 aromatic carbocycles. The number of hydrogen-bond acceptors (Lipinski definition) is 4. The number of nitrogens with one attached hydrogen (secondary N) is 2. The highest BCUT2D eigenvalue weighted by Gasteiger charge is 2.32. The Bertz CT molecular complexity index is 729. The second-order valence-corrected chi connectivity index (χ2v) is 7.15. The minimum absolute atomic E-state index is 0.0267. The predicted octanol–water partition coefficient (Wildman–Crippen LogP) is 3.25. The van der Waals surface area contributed by atoms with Gasteiger partial charge >= 0.3 is 18.2 Å². The third kappa shape index (κ3) is 7.85. The lowest BCUT2D eigenvalue weighted by molar-refractivity contribution is -0.141. The Balaban J connectivity index is 3.09. The first-order valence-corrected chi connectivity index (χ1v) is 8.38. The van der Waals surface area contributed by atoms with Crippen molar-refractivity contribution < 1.29 is 37.4 Å². The van der Waals surface area contributed by atoms with Gasteiger partial charge in [0, 0.05) is 0 Å². The molecule has 0 bridgehead atoms. The molecule has 0 heterocycles. The molecule has 156 valence electrons. The van der Waals surface area contributed by atoms with Gasteiger partial charge in [0.25, 0.3) is 0 Å². The van der Waals surface area contributed by atoms with Gasteiger partial charge in [-0.1, -0.05) is 12.1 Å². The minimum atomic E-state index is -4.60. The molecule has 2 atom stereocenters. The third-order valence-electron chi connectivity index (χ3n) is 3.44. The number of aliphatic carboxylic acids is 1. The summed E-state index contributed by atoms with van der Waals surface area (Å²) in [4.78, 5) is 35.0. The van der Waals surface area contributed by atoms with Gasteiger partial charge in [0.05, 0.1) is 18.0 Å². The summed E-state index contributed by atoms with van der Waals surface area (Å²) in [6.07, 6.45) is -6.00. The molecule has 1 unspecified atom stereocenters. The number of halogens is 3. The smallest absolute Gasteiger partial charge is 0.416 e. The lowest BCUT2D eigenvalue weighted by Gasteiger charge is -2.24. The number of carboxylic acid groups (broad SMARTS) is 1. The maximum atomic E-state index is 13.0. The summed E-state index contributed by atoms with van der Waals surface area (Å²) in [5.74, 6) is -2.03. The number of carbonyl (C=O) groups is 3. The molecule has 10 heteroatoms. The van der Waals surface area contributed by atoms with Crippen LogP contribution in [-0.4, -0.2) is 34.7 Å². The van der Waals surface area contributed by atoms with E-state index in [9.17, 15) is 27.6 Å². The van der Waals surface area contributed by atoms with E-state index in [1.165, 1.54) is 13.0 Å². The largest absolute Gasteiger partial charge is 0.480 e. The monoisotopic (exact) mass is 404 g/mol. The van der Waals surface area contributed by atoms with Gasteiger partial charge < -0.3 is 20.5 Å². The highest BCUT2D eigenvalue weighted by Crippen LogP contribution is 2.31. The zero-order valence-corrected chi connectivity index (χ0v) is 15.9. The van der Waals surface area contributed by atoms with Crippen molar-refractivity contribution >= 4 is 18.0 Å². The molecule has 3 N–H and O–H groups in total. The van der Waals surface area contributed by atoms with E-state index in [4.69, 9.17) is 9.84 Å². The van der Waals surface area contributed by atoms with Crippen molar-refractivity contribution in [1.82, 2.24) is 10.6 Å². The van der Waals surface area contributed by atoms with E-state index in [-0.39, 0.29) is 5.56 Å². The Kier molecular flexibility index (Phi) is 7.43. The summed E-state index contributed by atoms with van der Waals surface area (Å²) >= 11 is 0. The van der Waals surface area contributed by atoms with Crippen LogP contribution in [0.1, 0.15) is 51.3 Å². The quantitative estimate of drug-likeness (QED) is 0.675. The second kappa shape index (κ2) is 8.94. The molecule has 7 nitrogen and oxygen atoms in total. The predicted molar refractivity (Wildman–Crippen MR) is 93.4 cm³/mol. The van der Waals surface area contributed by atoms with Gasteiger partial charge in [-0.05, 0) is 45.4 Å². The molecule has 0 spiro atoms. The molecule has 0 aliphatic carbocycles. The van der Waals surface area contributed by atoms with E-state index in [2.05, 4.69) is 10.6 Å². The molecule has 0 aliphatic heterocycles. The van der Waals surface area contributed by atoms with Crippen LogP contribution in [0, 0.1) is 0 Å². The van der Waals surface area contributed by atoms with Crippen LogP contribution >= 0.6 is 0 Å². The Labute approximate surface area is 160 Å². The fourth-order valence-corrected chi connectivity index (χ4v) is 2.18. The molecular weight excluding hydrogens is 381 g/mol. The number of alkyl carbamates (subject to hydrolysis) is 1. The molecule has 2 amide bonds. The molecular formula is C18H23F3N2O5. The topological polar surface area (TPSA) is 105 Å². The molecule has 0 saturated heterocycles. The van der Waals surface area contributed by atoms with Crippen molar-refractivity contribution in [1.29, 1.82) is 0 Å². The van der Waals surface area contributed by atoms with E-state index in [1.54, 1.807) is 20.8 Å². The number of amides is 2.